The molecule has 1 aliphatic heterocycles. The van der Waals surface area contributed by atoms with Crippen LogP contribution in [0.3, 0.4) is 0 Å². The van der Waals surface area contributed by atoms with Crippen LogP contribution in [0, 0.1) is 0 Å². The molecule has 3 aromatic rings. The number of hydrogen-bond donors (Lipinski definition) is 3. The van der Waals surface area contributed by atoms with Crippen LogP contribution in [-0.2, 0) is 43.1 Å². The Bertz CT molecular complexity index is 1310. The molecule has 2 aromatic carbocycles. The smallest absolute Gasteiger partial charge is 0.273 e. The van der Waals surface area contributed by atoms with Crippen LogP contribution in [0.15, 0.2) is 71.3 Å². The highest BCUT2D eigenvalue weighted by Gasteiger charge is 2.50. The molecular formula is C38H58N4O7. The number of rotatable bonds is 14. The SMILES string of the molecule is CC.CC1(C(=O)C(Cc2ccccc2)NC(=O)CNC=O)CO1.CCC.CCc1cc(C(=O)NC(C)CCc2ccccc2)no1.COC. The number of benzene rings is 2. The lowest BCUT2D eigenvalue weighted by molar-refractivity contribution is -0.130. The minimum Gasteiger partial charge on any atom is -0.388 e. The van der Waals surface area contributed by atoms with Crippen LogP contribution in [0.5, 0.6) is 0 Å². The predicted molar refractivity (Wildman–Crippen MR) is 193 cm³/mol. The summed E-state index contributed by atoms with van der Waals surface area (Å²) in [4.78, 5) is 46.3. The van der Waals surface area contributed by atoms with Gasteiger partial charge in [0.2, 0.25) is 12.3 Å². The largest absolute Gasteiger partial charge is 0.388 e. The van der Waals surface area contributed by atoms with Gasteiger partial charge in [-0.2, -0.15) is 0 Å². The monoisotopic (exact) mass is 682 g/mol. The number of aryl methyl sites for hydroxylation is 2. The van der Waals surface area contributed by atoms with Gasteiger partial charge in [-0.05, 0) is 44.2 Å². The molecular weight excluding hydrogens is 624 g/mol. The van der Waals surface area contributed by atoms with Gasteiger partial charge in [-0.15, -0.1) is 0 Å². The Morgan fingerprint density at radius 3 is 1.96 bits per heavy atom. The molecule has 0 bridgehead atoms. The van der Waals surface area contributed by atoms with Crippen LogP contribution in [-0.4, -0.2) is 74.2 Å². The quantitative estimate of drug-likeness (QED) is 0.149. The molecule has 1 aromatic heterocycles. The Hall–Kier alpha value is -4.35. The molecule has 0 aliphatic carbocycles. The summed E-state index contributed by atoms with van der Waals surface area (Å²) in [6.07, 6.45) is 4.67. The fraction of sp³-hybridized carbons (Fsp3) is 0.500. The second-order valence-corrected chi connectivity index (χ2v) is 11.2. The number of carbonyl (C=O) groups is 4. The fourth-order valence-corrected chi connectivity index (χ4v) is 4.04. The molecule has 0 spiro atoms. The van der Waals surface area contributed by atoms with Crippen LogP contribution < -0.4 is 16.0 Å². The van der Waals surface area contributed by atoms with Crippen molar-refractivity contribution >= 4 is 24.0 Å². The van der Waals surface area contributed by atoms with Crippen LogP contribution >= 0.6 is 0 Å². The fourth-order valence-electron chi connectivity index (χ4n) is 4.04. The normalized spacial score (nSPS) is 14.9. The summed E-state index contributed by atoms with van der Waals surface area (Å²) in [5.74, 6) is 0.00698. The summed E-state index contributed by atoms with van der Waals surface area (Å²) >= 11 is 0. The maximum Gasteiger partial charge on any atom is 0.273 e. The second-order valence-electron chi connectivity index (χ2n) is 11.2. The number of Topliss-reactive ketones (excluding diaryl/α,β-unsaturated/α-hetero) is 1. The van der Waals surface area contributed by atoms with E-state index in [1.165, 1.54) is 12.0 Å². The Kier molecular flexibility index (Phi) is 24.2. The molecule has 49 heavy (non-hydrogen) atoms. The maximum absolute atomic E-state index is 12.4. The van der Waals surface area contributed by atoms with E-state index >= 15 is 0 Å². The number of ether oxygens (including phenoxy) is 2. The van der Waals surface area contributed by atoms with Gasteiger partial charge >= 0.3 is 0 Å². The van der Waals surface area contributed by atoms with E-state index in [0.29, 0.717) is 25.1 Å². The van der Waals surface area contributed by atoms with Crippen LogP contribution in [0.25, 0.3) is 0 Å². The number of ketones is 1. The first-order chi connectivity index (χ1) is 23.6. The number of amides is 3. The summed E-state index contributed by atoms with van der Waals surface area (Å²) in [5, 5.41) is 11.6. The highest BCUT2D eigenvalue weighted by molar-refractivity contribution is 5.97. The summed E-state index contributed by atoms with van der Waals surface area (Å²) in [6, 6.07) is 20.8. The van der Waals surface area contributed by atoms with E-state index in [2.05, 4.69) is 51.8 Å². The zero-order valence-electron chi connectivity index (χ0n) is 30.8. The molecule has 1 fully saturated rings. The van der Waals surface area contributed by atoms with Gasteiger partial charge in [0, 0.05) is 32.7 Å². The van der Waals surface area contributed by atoms with E-state index in [-0.39, 0.29) is 24.3 Å². The average molecular weight is 683 g/mol. The van der Waals surface area contributed by atoms with Gasteiger partial charge in [-0.3, -0.25) is 19.2 Å². The van der Waals surface area contributed by atoms with Crippen molar-refractivity contribution in [1.82, 2.24) is 21.1 Å². The van der Waals surface area contributed by atoms with Gasteiger partial charge in [0.1, 0.15) is 11.4 Å². The highest BCUT2D eigenvalue weighted by Crippen LogP contribution is 2.29. The molecule has 272 valence electrons. The van der Waals surface area contributed by atoms with E-state index in [0.717, 1.165) is 30.6 Å². The Morgan fingerprint density at radius 1 is 0.959 bits per heavy atom. The number of methoxy groups -OCH3 is 1. The van der Waals surface area contributed by atoms with Crippen molar-refractivity contribution in [2.75, 3.05) is 27.4 Å². The van der Waals surface area contributed by atoms with Gasteiger partial charge in [-0.25, -0.2) is 0 Å². The zero-order chi connectivity index (χ0) is 37.1. The summed E-state index contributed by atoms with van der Waals surface area (Å²) in [7, 11) is 3.25. The number of nitrogens with one attached hydrogen (secondary N) is 3. The predicted octanol–water partition coefficient (Wildman–Crippen LogP) is 5.51. The lowest BCUT2D eigenvalue weighted by atomic mass is 9.95. The van der Waals surface area contributed by atoms with E-state index in [1.807, 2.05) is 76.2 Å². The van der Waals surface area contributed by atoms with E-state index in [9.17, 15) is 19.2 Å². The van der Waals surface area contributed by atoms with Crippen molar-refractivity contribution in [3.63, 3.8) is 0 Å². The molecule has 1 saturated heterocycles. The number of carbonyl (C=O) groups excluding carboxylic acids is 4. The van der Waals surface area contributed by atoms with E-state index in [4.69, 9.17) is 9.26 Å². The Balaban J connectivity index is 0.000000777. The minimum atomic E-state index is -0.801. The molecule has 3 N–H and O–H groups in total. The Labute approximate surface area is 292 Å². The van der Waals surface area contributed by atoms with Crippen molar-refractivity contribution in [2.45, 2.75) is 98.3 Å². The first-order valence-corrected chi connectivity index (χ1v) is 17.0. The van der Waals surface area contributed by atoms with Crippen molar-refractivity contribution < 1.29 is 33.2 Å². The molecule has 3 unspecified atom stereocenters. The van der Waals surface area contributed by atoms with Crippen molar-refractivity contribution in [2.24, 2.45) is 0 Å². The van der Waals surface area contributed by atoms with Gasteiger partial charge in [0.15, 0.2) is 11.5 Å². The van der Waals surface area contributed by atoms with E-state index < -0.39 is 17.6 Å². The van der Waals surface area contributed by atoms with Crippen molar-refractivity contribution in [3.05, 3.63) is 89.3 Å². The highest BCUT2D eigenvalue weighted by atomic mass is 16.6. The van der Waals surface area contributed by atoms with Crippen molar-refractivity contribution in [1.29, 1.82) is 0 Å². The summed E-state index contributed by atoms with van der Waals surface area (Å²) in [5.41, 5.74) is 1.78. The molecule has 2 heterocycles. The standard InChI is InChI=1S/C16H20N2O2.C15H18N2O4.C3H8.C2H6O.C2H6/c1-3-14-11-15(18-20-14)16(19)17-12(2)9-10-13-7-5-4-6-8-13;1-15(9-21-15)14(20)12(17-13(19)8-16-10-18)7-11-5-3-2-4-6-11;2*1-3-2;1-2/h4-8,11-12H,3,9-10H2,1-2H3,(H,17,19);2-6,10,12H,7-9H2,1H3,(H,16,18)(H,17,19);3H2,1-2H3;1-2H3;1-2H3. The first kappa shape index (κ1) is 44.6. The lowest BCUT2D eigenvalue weighted by Gasteiger charge is -2.19. The molecule has 11 heteroatoms. The van der Waals surface area contributed by atoms with Gasteiger partial charge in [-0.1, -0.05) is 107 Å². The zero-order valence-corrected chi connectivity index (χ0v) is 30.8. The average Bonchev–Trinajstić information content (AvgIpc) is 3.67. The third kappa shape index (κ3) is 19.3. The number of aromatic nitrogens is 1. The number of hydrogen-bond acceptors (Lipinski definition) is 8. The topological polar surface area (TPSA) is 152 Å². The maximum atomic E-state index is 12.4. The van der Waals surface area contributed by atoms with Crippen LogP contribution in [0.2, 0.25) is 0 Å². The van der Waals surface area contributed by atoms with Gasteiger partial charge in [0.25, 0.3) is 5.91 Å². The molecule has 0 radical (unpaired) electrons. The minimum absolute atomic E-state index is 0.101. The summed E-state index contributed by atoms with van der Waals surface area (Å²) < 4.78 is 14.5. The molecule has 3 atom stereocenters. The lowest BCUT2D eigenvalue weighted by Crippen LogP contribution is -2.49. The molecule has 3 amide bonds. The first-order valence-electron chi connectivity index (χ1n) is 17.0. The second kappa shape index (κ2) is 26.6. The molecule has 1 aliphatic rings. The van der Waals surface area contributed by atoms with Crippen LogP contribution in [0.4, 0.5) is 0 Å². The molecule has 4 rings (SSSR count). The van der Waals surface area contributed by atoms with Crippen LogP contribution in [0.1, 0.15) is 88.7 Å². The van der Waals surface area contributed by atoms with E-state index in [1.54, 1.807) is 27.2 Å². The molecule has 0 saturated carbocycles. The number of epoxide rings is 1. The third-order valence-electron chi connectivity index (χ3n) is 6.61. The number of nitrogens with zero attached hydrogens (tertiary/aromatic N) is 1. The third-order valence-corrected chi connectivity index (χ3v) is 6.61. The van der Waals surface area contributed by atoms with Gasteiger partial charge < -0.3 is 29.9 Å². The summed E-state index contributed by atoms with van der Waals surface area (Å²) in [6.45, 7) is 14.1. The van der Waals surface area contributed by atoms with Crippen molar-refractivity contribution in [3.8, 4) is 0 Å². The molecule has 11 nitrogen and oxygen atoms in total. The Morgan fingerprint density at radius 2 is 1.49 bits per heavy atom. The van der Waals surface area contributed by atoms with Gasteiger partial charge in [0.05, 0.1) is 19.2 Å².